The quantitative estimate of drug-likeness (QED) is 0.526. The van der Waals surface area contributed by atoms with Crippen molar-refractivity contribution >= 4 is 17.6 Å². The molecule has 1 saturated heterocycles. The van der Waals surface area contributed by atoms with E-state index in [-0.39, 0.29) is 23.7 Å². The summed E-state index contributed by atoms with van der Waals surface area (Å²) in [5.41, 5.74) is 4.49. The van der Waals surface area contributed by atoms with Gasteiger partial charge in [0.15, 0.2) is 0 Å². The molecule has 0 aliphatic carbocycles. The minimum absolute atomic E-state index is 0.00868. The zero-order valence-corrected chi connectivity index (χ0v) is 18.1. The molecular weight excluding hydrogens is 362 g/mol. The molecule has 29 heavy (non-hydrogen) atoms. The zero-order valence-electron chi connectivity index (χ0n) is 18.1. The number of para-hydroxylation sites is 1. The van der Waals surface area contributed by atoms with E-state index in [4.69, 9.17) is 4.74 Å². The van der Waals surface area contributed by atoms with Gasteiger partial charge >= 0.3 is 5.97 Å². The lowest BCUT2D eigenvalue weighted by Gasteiger charge is -2.23. The summed E-state index contributed by atoms with van der Waals surface area (Å²) in [5.74, 6) is -0.265. The van der Waals surface area contributed by atoms with Crippen molar-refractivity contribution in [2.75, 3.05) is 11.4 Å². The molecule has 0 spiro atoms. The summed E-state index contributed by atoms with van der Waals surface area (Å²) in [6.45, 7) is 11.0. The number of aryl methyl sites for hydroxylation is 2. The Hall–Kier alpha value is -2.62. The van der Waals surface area contributed by atoms with Crippen LogP contribution in [0.25, 0.3) is 0 Å². The fourth-order valence-corrected chi connectivity index (χ4v) is 3.87. The predicted octanol–water partition coefficient (Wildman–Crippen LogP) is 5.07. The van der Waals surface area contributed by atoms with Crippen LogP contribution in [-0.2, 0) is 27.8 Å². The number of benzene rings is 2. The number of anilines is 1. The van der Waals surface area contributed by atoms with E-state index in [0.29, 0.717) is 12.3 Å². The zero-order chi connectivity index (χ0) is 21.2. The Morgan fingerprint density at radius 1 is 1.03 bits per heavy atom. The number of carbonyl (C=O) groups excluding carboxylic acids is 2. The molecular formula is C25H31NO3. The van der Waals surface area contributed by atoms with Crippen molar-refractivity contribution in [3.8, 4) is 5.75 Å². The molecule has 0 bridgehead atoms. The van der Waals surface area contributed by atoms with Gasteiger partial charge in [0.1, 0.15) is 5.75 Å². The van der Waals surface area contributed by atoms with E-state index in [2.05, 4.69) is 46.8 Å². The monoisotopic (exact) mass is 393 g/mol. The molecule has 1 aliphatic heterocycles. The van der Waals surface area contributed by atoms with Crippen molar-refractivity contribution in [1.82, 2.24) is 0 Å². The number of nitrogens with zero attached hydrogens (tertiary/aromatic N) is 1. The molecule has 1 atom stereocenters. The van der Waals surface area contributed by atoms with Crippen LogP contribution in [0.3, 0.4) is 0 Å². The molecule has 0 radical (unpaired) electrons. The van der Waals surface area contributed by atoms with Gasteiger partial charge in [0.25, 0.3) is 0 Å². The predicted molar refractivity (Wildman–Crippen MR) is 116 cm³/mol. The highest BCUT2D eigenvalue weighted by Gasteiger charge is 2.37. The third-order valence-corrected chi connectivity index (χ3v) is 5.63. The number of hydrogen-bond donors (Lipinski definition) is 0. The van der Waals surface area contributed by atoms with E-state index in [1.165, 1.54) is 5.56 Å². The van der Waals surface area contributed by atoms with Gasteiger partial charge in [-0.1, -0.05) is 65.0 Å². The first-order valence-corrected chi connectivity index (χ1v) is 10.5. The van der Waals surface area contributed by atoms with E-state index < -0.39 is 5.92 Å². The first-order chi connectivity index (χ1) is 13.7. The van der Waals surface area contributed by atoms with E-state index in [9.17, 15) is 9.59 Å². The minimum Gasteiger partial charge on any atom is -0.426 e. The van der Waals surface area contributed by atoms with Crippen LogP contribution in [0.1, 0.15) is 57.7 Å². The van der Waals surface area contributed by atoms with Crippen LogP contribution >= 0.6 is 0 Å². The third kappa shape index (κ3) is 4.52. The van der Waals surface area contributed by atoms with Crippen LogP contribution in [0.5, 0.6) is 5.75 Å². The second-order valence-electron chi connectivity index (χ2n) is 8.73. The van der Waals surface area contributed by atoms with Gasteiger partial charge in [-0.05, 0) is 47.1 Å². The normalized spacial score (nSPS) is 16.9. The number of rotatable bonds is 5. The molecule has 1 aliphatic rings. The Kier molecular flexibility index (Phi) is 6.11. The fraction of sp³-hybridized carbons (Fsp3) is 0.440. The summed E-state index contributed by atoms with van der Waals surface area (Å²) in [6, 6.07) is 13.8. The highest BCUT2D eigenvalue weighted by atomic mass is 16.5. The van der Waals surface area contributed by atoms with E-state index >= 15 is 0 Å². The maximum absolute atomic E-state index is 12.8. The molecule has 2 aromatic carbocycles. The number of hydrogen-bond acceptors (Lipinski definition) is 3. The van der Waals surface area contributed by atoms with Crippen molar-refractivity contribution < 1.29 is 14.3 Å². The van der Waals surface area contributed by atoms with E-state index in [1.54, 1.807) is 4.90 Å². The minimum atomic E-state index is -0.445. The summed E-state index contributed by atoms with van der Waals surface area (Å²) in [5, 5.41) is 0. The average molecular weight is 394 g/mol. The first-order valence-electron chi connectivity index (χ1n) is 10.5. The Labute approximate surface area is 173 Å². The van der Waals surface area contributed by atoms with Crippen LogP contribution in [-0.4, -0.2) is 18.4 Å². The second-order valence-corrected chi connectivity index (χ2v) is 8.73. The van der Waals surface area contributed by atoms with Gasteiger partial charge in [0.2, 0.25) is 5.91 Å². The van der Waals surface area contributed by atoms with Crippen LogP contribution < -0.4 is 9.64 Å². The number of ether oxygens (including phenoxy) is 1. The van der Waals surface area contributed by atoms with Crippen LogP contribution in [0, 0.1) is 5.92 Å². The maximum Gasteiger partial charge on any atom is 0.316 e. The van der Waals surface area contributed by atoms with Gasteiger partial charge in [-0.15, -0.1) is 0 Å². The largest absolute Gasteiger partial charge is 0.426 e. The van der Waals surface area contributed by atoms with Crippen molar-refractivity contribution in [3.63, 3.8) is 0 Å². The van der Waals surface area contributed by atoms with Gasteiger partial charge in [0, 0.05) is 18.7 Å². The molecule has 4 nitrogen and oxygen atoms in total. The topological polar surface area (TPSA) is 46.6 Å². The van der Waals surface area contributed by atoms with Crippen LogP contribution in [0.15, 0.2) is 42.5 Å². The van der Waals surface area contributed by atoms with Gasteiger partial charge in [-0.2, -0.15) is 0 Å². The highest BCUT2D eigenvalue weighted by molar-refractivity contribution is 6.00. The Bertz CT molecular complexity index is 871. The van der Waals surface area contributed by atoms with Crippen molar-refractivity contribution in [1.29, 1.82) is 0 Å². The molecule has 2 aromatic rings. The molecule has 1 fully saturated rings. The van der Waals surface area contributed by atoms with Gasteiger partial charge < -0.3 is 9.64 Å². The summed E-state index contributed by atoms with van der Waals surface area (Å²) in [7, 11) is 0. The highest BCUT2D eigenvalue weighted by Crippen LogP contribution is 2.33. The second kappa shape index (κ2) is 8.40. The standard InChI is InChI=1S/C25H31NO3/c1-6-17-9-8-10-18(7-2)23(17)26-16-19(15-22(26)27)24(28)29-21-13-11-20(12-14-21)25(3,4)5/h8-14,19H,6-7,15-16H2,1-5H3/t19-/m0/s1. The van der Waals surface area contributed by atoms with E-state index in [1.807, 2.05) is 30.3 Å². The molecule has 0 saturated carbocycles. The molecule has 4 heteroatoms. The lowest BCUT2D eigenvalue weighted by molar-refractivity contribution is -0.139. The average Bonchev–Trinajstić information content (AvgIpc) is 3.08. The Balaban J connectivity index is 1.74. The Morgan fingerprint density at radius 2 is 1.62 bits per heavy atom. The van der Waals surface area contributed by atoms with Gasteiger partial charge in [0.05, 0.1) is 5.92 Å². The smallest absolute Gasteiger partial charge is 0.316 e. The third-order valence-electron chi connectivity index (χ3n) is 5.63. The van der Waals surface area contributed by atoms with Gasteiger partial charge in [-0.25, -0.2) is 0 Å². The molecule has 0 N–H and O–H groups in total. The summed E-state index contributed by atoms with van der Waals surface area (Å²) >= 11 is 0. The lowest BCUT2D eigenvalue weighted by atomic mass is 9.87. The molecule has 1 amide bonds. The van der Waals surface area contributed by atoms with E-state index in [0.717, 1.165) is 29.7 Å². The summed E-state index contributed by atoms with van der Waals surface area (Å²) in [6.07, 6.45) is 1.89. The molecule has 0 aromatic heterocycles. The van der Waals surface area contributed by atoms with Gasteiger partial charge in [-0.3, -0.25) is 9.59 Å². The molecule has 154 valence electrons. The summed E-state index contributed by atoms with van der Waals surface area (Å²) in [4.78, 5) is 27.3. The molecule has 0 unspecified atom stereocenters. The van der Waals surface area contributed by atoms with Crippen LogP contribution in [0.2, 0.25) is 0 Å². The Morgan fingerprint density at radius 3 is 2.14 bits per heavy atom. The first kappa shape index (κ1) is 21.1. The van der Waals surface area contributed by atoms with Crippen molar-refractivity contribution in [2.45, 2.75) is 59.3 Å². The van der Waals surface area contributed by atoms with Crippen molar-refractivity contribution in [2.24, 2.45) is 5.92 Å². The number of esters is 1. The lowest BCUT2D eigenvalue weighted by Crippen LogP contribution is -2.29. The summed E-state index contributed by atoms with van der Waals surface area (Å²) < 4.78 is 5.59. The number of carbonyl (C=O) groups is 2. The number of amides is 1. The fourth-order valence-electron chi connectivity index (χ4n) is 3.87. The van der Waals surface area contributed by atoms with Crippen LogP contribution in [0.4, 0.5) is 5.69 Å². The maximum atomic E-state index is 12.8. The SMILES string of the molecule is CCc1cccc(CC)c1N1C[C@@H](C(=O)Oc2ccc(C(C)(C)C)cc2)CC1=O. The molecule has 3 rings (SSSR count). The molecule has 1 heterocycles. The van der Waals surface area contributed by atoms with Crippen molar-refractivity contribution in [3.05, 3.63) is 59.2 Å².